The third-order valence-corrected chi connectivity index (χ3v) is 4.33. The van der Waals surface area contributed by atoms with Gasteiger partial charge in [0.2, 0.25) is 0 Å². The Labute approximate surface area is 137 Å². The van der Waals surface area contributed by atoms with Gasteiger partial charge in [0.25, 0.3) is 0 Å². The van der Waals surface area contributed by atoms with Crippen molar-refractivity contribution >= 4 is 15.9 Å². The molecule has 0 saturated carbocycles. The van der Waals surface area contributed by atoms with Crippen molar-refractivity contribution in [3.8, 4) is 5.75 Å². The smallest absolute Gasteiger partial charge is 0.138 e. The molecule has 21 heavy (non-hydrogen) atoms. The molecule has 1 N–H and O–H groups in total. The Morgan fingerprint density at radius 3 is 2.62 bits per heavy atom. The van der Waals surface area contributed by atoms with Crippen molar-refractivity contribution in [2.75, 3.05) is 26.2 Å². The highest BCUT2D eigenvalue weighted by Gasteiger charge is 2.14. The van der Waals surface area contributed by atoms with Gasteiger partial charge in [-0.15, -0.1) is 0 Å². The monoisotopic (exact) mass is 354 g/mol. The minimum atomic E-state index is 0.106. The van der Waals surface area contributed by atoms with E-state index in [-0.39, 0.29) is 5.54 Å². The fourth-order valence-corrected chi connectivity index (χ4v) is 3.02. The van der Waals surface area contributed by atoms with Crippen LogP contribution in [0.2, 0.25) is 0 Å². The Morgan fingerprint density at radius 1 is 1.24 bits per heavy atom. The predicted molar refractivity (Wildman–Crippen MR) is 91.9 cm³/mol. The topological polar surface area (TPSA) is 24.5 Å². The molecule has 1 aliphatic heterocycles. The fraction of sp³-hybridized carbons (Fsp3) is 0.647. The Bertz CT molecular complexity index is 451. The second-order valence-corrected chi connectivity index (χ2v) is 7.58. The van der Waals surface area contributed by atoms with Crippen LogP contribution in [0.3, 0.4) is 0 Å². The predicted octanol–water partition coefficient (Wildman–Crippen LogP) is 3.81. The van der Waals surface area contributed by atoms with Crippen molar-refractivity contribution in [1.82, 2.24) is 10.2 Å². The van der Waals surface area contributed by atoms with Crippen molar-refractivity contribution < 1.29 is 4.74 Å². The number of nitrogens with zero attached hydrogens (tertiary/aromatic N) is 1. The van der Waals surface area contributed by atoms with Gasteiger partial charge in [-0.3, -0.25) is 4.90 Å². The lowest BCUT2D eigenvalue weighted by atomic mass is 10.1. The van der Waals surface area contributed by atoms with Gasteiger partial charge in [0.1, 0.15) is 12.4 Å². The third-order valence-electron chi connectivity index (χ3n) is 3.71. The quantitative estimate of drug-likeness (QED) is 0.840. The van der Waals surface area contributed by atoms with Gasteiger partial charge in [0.05, 0.1) is 4.47 Å². The number of nitrogens with one attached hydrogen (secondary N) is 1. The highest BCUT2D eigenvalue weighted by molar-refractivity contribution is 9.10. The summed E-state index contributed by atoms with van der Waals surface area (Å²) in [5, 5.41) is 3.53. The Balaban J connectivity index is 1.93. The zero-order chi connectivity index (χ0) is 15.3. The maximum Gasteiger partial charge on any atom is 0.138 e. The summed E-state index contributed by atoms with van der Waals surface area (Å²) in [6.07, 6.45) is 2.66. The summed E-state index contributed by atoms with van der Waals surface area (Å²) in [5.41, 5.74) is 1.32. The zero-order valence-electron chi connectivity index (χ0n) is 13.4. The molecule has 1 aromatic rings. The number of para-hydroxylation sites is 1. The molecule has 4 heteroatoms. The number of halogens is 1. The molecule has 118 valence electrons. The lowest BCUT2D eigenvalue weighted by Gasteiger charge is -2.22. The van der Waals surface area contributed by atoms with E-state index < -0.39 is 0 Å². The van der Waals surface area contributed by atoms with Gasteiger partial charge in [-0.25, -0.2) is 0 Å². The van der Waals surface area contributed by atoms with Crippen LogP contribution in [-0.4, -0.2) is 36.7 Å². The molecule has 0 radical (unpaired) electrons. The Hall–Kier alpha value is -0.580. The number of rotatable bonds is 6. The molecular weight excluding hydrogens is 328 g/mol. The van der Waals surface area contributed by atoms with E-state index in [0.717, 1.165) is 29.9 Å². The van der Waals surface area contributed by atoms with Crippen LogP contribution < -0.4 is 10.1 Å². The summed E-state index contributed by atoms with van der Waals surface area (Å²) >= 11 is 3.61. The number of benzene rings is 1. The average Bonchev–Trinajstić information content (AvgIpc) is 2.91. The molecular formula is C17H27BrN2O. The first-order valence-corrected chi connectivity index (χ1v) is 8.62. The largest absolute Gasteiger partial charge is 0.491 e. The molecule has 0 aliphatic carbocycles. The van der Waals surface area contributed by atoms with E-state index in [0.29, 0.717) is 0 Å². The molecule has 1 heterocycles. The van der Waals surface area contributed by atoms with Crippen molar-refractivity contribution in [3.63, 3.8) is 0 Å². The maximum atomic E-state index is 6.07. The van der Waals surface area contributed by atoms with Crippen LogP contribution in [0.25, 0.3) is 0 Å². The van der Waals surface area contributed by atoms with Gasteiger partial charge in [0.15, 0.2) is 0 Å². The van der Waals surface area contributed by atoms with Gasteiger partial charge >= 0.3 is 0 Å². The molecule has 0 unspecified atom stereocenters. The van der Waals surface area contributed by atoms with Crippen LogP contribution in [0.15, 0.2) is 22.7 Å². The zero-order valence-corrected chi connectivity index (χ0v) is 15.0. The third kappa shape index (κ3) is 5.61. The standard InChI is InChI=1S/C17H27BrN2O/c1-17(2,3)19-13-14-7-6-8-15(18)16(14)21-12-11-20-9-4-5-10-20/h6-8,19H,4-5,9-13H2,1-3H3. The van der Waals surface area contributed by atoms with Crippen molar-refractivity contribution in [2.45, 2.75) is 45.7 Å². The van der Waals surface area contributed by atoms with Gasteiger partial charge in [0, 0.05) is 24.2 Å². The Morgan fingerprint density at radius 2 is 1.95 bits per heavy atom. The first-order valence-electron chi connectivity index (χ1n) is 7.83. The number of hydrogen-bond acceptors (Lipinski definition) is 3. The van der Waals surface area contributed by atoms with Crippen molar-refractivity contribution in [2.24, 2.45) is 0 Å². The van der Waals surface area contributed by atoms with E-state index in [4.69, 9.17) is 4.74 Å². The maximum absolute atomic E-state index is 6.07. The van der Waals surface area contributed by atoms with Crippen LogP contribution in [0.5, 0.6) is 5.75 Å². The van der Waals surface area contributed by atoms with Crippen molar-refractivity contribution in [3.05, 3.63) is 28.2 Å². The van der Waals surface area contributed by atoms with E-state index in [2.05, 4.69) is 59.1 Å². The first kappa shape index (κ1) is 16.8. The van der Waals surface area contributed by atoms with E-state index in [1.807, 2.05) is 6.07 Å². The van der Waals surface area contributed by atoms with Gasteiger partial charge in [-0.2, -0.15) is 0 Å². The lowest BCUT2D eigenvalue weighted by Crippen LogP contribution is -2.35. The van der Waals surface area contributed by atoms with Gasteiger partial charge in [-0.05, 0) is 68.7 Å². The summed E-state index contributed by atoms with van der Waals surface area (Å²) in [5.74, 6) is 0.980. The molecule has 0 amide bonds. The minimum absolute atomic E-state index is 0.106. The second-order valence-electron chi connectivity index (χ2n) is 6.73. The number of hydrogen-bond donors (Lipinski definition) is 1. The lowest BCUT2D eigenvalue weighted by molar-refractivity contribution is 0.234. The molecule has 1 aliphatic rings. The normalized spacial score (nSPS) is 16.4. The fourth-order valence-electron chi connectivity index (χ4n) is 2.50. The molecule has 0 atom stereocenters. The van der Waals surface area contributed by atoms with E-state index >= 15 is 0 Å². The minimum Gasteiger partial charge on any atom is -0.491 e. The van der Waals surface area contributed by atoms with Crippen LogP contribution in [0.4, 0.5) is 0 Å². The van der Waals surface area contributed by atoms with Crippen LogP contribution in [-0.2, 0) is 6.54 Å². The molecule has 1 fully saturated rings. The number of likely N-dealkylation sites (tertiary alicyclic amines) is 1. The van der Waals surface area contributed by atoms with E-state index in [1.165, 1.54) is 31.5 Å². The van der Waals surface area contributed by atoms with Gasteiger partial charge in [-0.1, -0.05) is 12.1 Å². The highest BCUT2D eigenvalue weighted by Crippen LogP contribution is 2.29. The molecule has 0 bridgehead atoms. The van der Waals surface area contributed by atoms with Crippen LogP contribution in [0.1, 0.15) is 39.2 Å². The number of ether oxygens (including phenoxy) is 1. The van der Waals surface area contributed by atoms with E-state index in [1.54, 1.807) is 0 Å². The first-order chi connectivity index (χ1) is 9.96. The molecule has 0 spiro atoms. The average molecular weight is 355 g/mol. The van der Waals surface area contributed by atoms with Crippen molar-refractivity contribution in [1.29, 1.82) is 0 Å². The molecule has 1 saturated heterocycles. The molecule has 2 rings (SSSR count). The van der Waals surface area contributed by atoms with E-state index in [9.17, 15) is 0 Å². The molecule has 3 nitrogen and oxygen atoms in total. The molecule has 0 aromatic heterocycles. The highest BCUT2D eigenvalue weighted by atomic mass is 79.9. The van der Waals surface area contributed by atoms with Gasteiger partial charge < -0.3 is 10.1 Å². The second kappa shape index (κ2) is 7.61. The summed E-state index contributed by atoms with van der Waals surface area (Å²) < 4.78 is 7.11. The van der Waals surface area contributed by atoms with Crippen LogP contribution >= 0.6 is 15.9 Å². The summed E-state index contributed by atoms with van der Waals surface area (Å²) in [7, 11) is 0. The molecule has 1 aromatic carbocycles. The summed E-state index contributed by atoms with van der Waals surface area (Å²) in [6.45, 7) is 11.6. The SMILES string of the molecule is CC(C)(C)NCc1cccc(Br)c1OCCN1CCCC1. The Kier molecular flexibility index (Phi) is 6.08. The van der Waals surface area contributed by atoms with Crippen LogP contribution in [0, 0.1) is 0 Å². The summed E-state index contributed by atoms with van der Waals surface area (Å²) in [4.78, 5) is 2.48. The summed E-state index contributed by atoms with van der Waals surface area (Å²) in [6, 6.07) is 6.25.